The summed E-state index contributed by atoms with van der Waals surface area (Å²) >= 11 is 7.19. The Morgan fingerprint density at radius 2 is 2.13 bits per heavy atom. The summed E-state index contributed by atoms with van der Waals surface area (Å²) in [5, 5.41) is 18.3. The molecule has 4 N–H and O–H groups in total. The van der Waals surface area contributed by atoms with E-state index in [4.69, 9.17) is 11.6 Å². The lowest BCUT2D eigenvalue weighted by atomic mass is 10.0. The van der Waals surface area contributed by atoms with Crippen LogP contribution in [-0.4, -0.2) is 50.7 Å². The van der Waals surface area contributed by atoms with Crippen LogP contribution < -0.4 is 16.0 Å². The molecule has 3 heterocycles. The van der Waals surface area contributed by atoms with E-state index in [-0.39, 0.29) is 39.9 Å². The topological polar surface area (TPSA) is 129 Å². The molecule has 1 amide bonds. The normalized spacial score (nSPS) is 27.5. The molecule has 3 atom stereocenters. The molecule has 0 radical (unpaired) electrons. The van der Waals surface area contributed by atoms with Gasteiger partial charge in [0.2, 0.25) is 5.28 Å². The summed E-state index contributed by atoms with van der Waals surface area (Å²) in [4.78, 5) is 37.1. The third-order valence-electron chi connectivity index (χ3n) is 4.53. The number of carboxylic acids is 1. The predicted molar refractivity (Wildman–Crippen MR) is 118 cm³/mol. The van der Waals surface area contributed by atoms with Crippen molar-refractivity contribution in [3.63, 3.8) is 0 Å². The van der Waals surface area contributed by atoms with E-state index in [0.717, 1.165) is 11.9 Å². The number of aromatic carboxylic acids is 1. The largest absolute Gasteiger partial charge is 0.477 e. The second-order valence-electron chi connectivity index (χ2n) is 7.10. The van der Waals surface area contributed by atoms with Crippen molar-refractivity contribution >= 4 is 46.9 Å². The van der Waals surface area contributed by atoms with Crippen molar-refractivity contribution in [2.24, 2.45) is 10.9 Å². The standard InChI is InChI=1S/C19H23ClN6O3S/c1-9-5-4-6-13(25-16-12(18(28)29)8-22-19(20)26-16)24-11(3)30-15-14(9)21-7-10(2)23-17(15)27/h4,6,8-11,21H,5,7H2,1-3H3,(H,23,27)(H,28,29)(H,22,24,25,26)/b6-4-/t9?,10-,11?/m1/s1. The fourth-order valence-corrected chi connectivity index (χ4v) is 4.27. The van der Waals surface area contributed by atoms with Crippen molar-refractivity contribution in [1.29, 1.82) is 0 Å². The van der Waals surface area contributed by atoms with Crippen LogP contribution in [0.4, 0.5) is 5.82 Å². The van der Waals surface area contributed by atoms with E-state index < -0.39 is 5.97 Å². The number of nitrogens with zero attached hydrogens (tertiary/aromatic N) is 3. The minimum absolute atomic E-state index is 0.0199. The molecule has 0 fully saturated rings. The Bertz CT molecular complexity index is 948. The molecule has 1 aromatic rings. The van der Waals surface area contributed by atoms with E-state index in [1.165, 1.54) is 11.8 Å². The van der Waals surface area contributed by atoms with Crippen LogP contribution in [0.15, 0.2) is 33.9 Å². The number of aliphatic imine (C=N–C) groups is 1. The highest BCUT2D eigenvalue weighted by molar-refractivity contribution is 8.04. The molecule has 3 rings (SSSR count). The van der Waals surface area contributed by atoms with E-state index in [1.54, 1.807) is 6.08 Å². The lowest BCUT2D eigenvalue weighted by Crippen LogP contribution is -2.36. The first-order valence-corrected chi connectivity index (χ1v) is 10.7. The van der Waals surface area contributed by atoms with Gasteiger partial charge in [-0.3, -0.25) is 9.79 Å². The van der Waals surface area contributed by atoms with Crippen molar-refractivity contribution in [1.82, 2.24) is 20.6 Å². The van der Waals surface area contributed by atoms with E-state index in [2.05, 4.69) is 37.8 Å². The molecular weight excluding hydrogens is 428 g/mol. The number of hydrogen-bond donors (Lipinski definition) is 4. The Morgan fingerprint density at radius 1 is 1.37 bits per heavy atom. The van der Waals surface area contributed by atoms with Crippen LogP contribution >= 0.6 is 23.4 Å². The van der Waals surface area contributed by atoms with Crippen LogP contribution in [0.3, 0.4) is 0 Å². The minimum atomic E-state index is -1.18. The van der Waals surface area contributed by atoms with Crippen molar-refractivity contribution in [2.75, 3.05) is 11.9 Å². The molecule has 0 spiro atoms. The number of carbonyl (C=O) groups excluding carboxylic acids is 1. The first-order chi connectivity index (χ1) is 14.2. The summed E-state index contributed by atoms with van der Waals surface area (Å²) in [6.45, 7) is 6.54. The average Bonchev–Trinajstić information content (AvgIpc) is 2.79. The predicted octanol–water partition coefficient (Wildman–Crippen LogP) is 2.63. The lowest BCUT2D eigenvalue weighted by Gasteiger charge is -2.21. The van der Waals surface area contributed by atoms with Gasteiger partial charge in [0.05, 0.1) is 10.3 Å². The Labute approximate surface area is 183 Å². The number of aromatic nitrogens is 2. The van der Waals surface area contributed by atoms with Gasteiger partial charge >= 0.3 is 5.97 Å². The highest BCUT2D eigenvalue weighted by Gasteiger charge is 2.27. The van der Waals surface area contributed by atoms with E-state index >= 15 is 0 Å². The maximum atomic E-state index is 12.7. The molecule has 0 aromatic carbocycles. The molecule has 9 nitrogen and oxygen atoms in total. The van der Waals surface area contributed by atoms with Gasteiger partial charge in [0.15, 0.2) is 5.82 Å². The number of hydrogen-bond acceptors (Lipinski definition) is 8. The van der Waals surface area contributed by atoms with Crippen LogP contribution in [0.25, 0.3) is 0 Å². The molecule has 0 saturated carbocycles. The molecular formula is C19H23ClN6O3S. The number of amidine groups is 1. The summed E-state index contributed by atoms with van der Waals surface area (Å²) < 4.78 is 0. The van der Waals surface area contributed by atoms with Gasteiger partial charge in [0.25, 0.3) is 5.91 Å². The van der Waals surface area contributed by atoms with Gasteiger partial charge < -0.3 is 21.1 Å². The Balaban J connectivity index is 1.93. The number of anilines is 1. The van der Waals surface area contributed by atoms with Crippen molar-refractivity contribution < 1.29 is 14.7 Å². The number of halogens is 1. The fourth-order valence-electron chi connectivity index (χ4n) is 3.07. The zero-order chi connectivity index (χ0) is 21.8. The zero-order valence-corrected chi connectivity index (χ0v) is 18.3. The van der Waals surface area contributed by atoms with E-state index in [9.17, 15) is 14.7 Å². The number of nitrogens with one attached hydrogen (secondary N) is 3. The molecule has 2 unspecified atom stereocenters. The van der Waals surface area contributed by atoms with Gasteiger partial charge in [0, 0.05) is 30.4 Å². The Kier molecular flexibility index (Phi) is 6.99. The van der Waals surface area contributed by atoms with E-state index in [0.29, 0.717) is 23.7 Å². The second kappa shape index (κ2) is 9.48. The first kappa shape index (κ1) is 22.1. The summed E-state index contributed by atoms with van der Waals surface area (Å²) in [7, 11) is 0. The monoisotopic (exact) mass is 450 g/mol. The molecule has 0 bridgehead atoms. The highest BCUT2D eigenvalue weighted by atomic mass is 35.5. The van der Waals surface area contributed by atoms with Gasteiger partial charge in [-0.15, -0.1) is 0 Å². The number of allylic oxidation sites excluding steroid dienone is 2. The maximum Gasteiger partial charge on any atom is 0.341 e. The van der Waals surface area contributed by atoms with Crippen LogP contribution in [0, 0.1) is 5.92 Å². The van der Waals surface area contributed by atoms with Gasteiger partial charge in [-0.2, -0.15) is 4.98 Å². The summed E-state index contributed by atoms with van der Waals surface area (Å²) in [5.41, 5.74) is 0.799. The van der Waals surface area contributed by atoms with Crippen LogP contribution in [0.5, 0.6) is 0 Å². The molecule has 1 aromatic heterocycles. The first-order valence-electron chi connectivity index (χ1n) is 9.47. The van der Waals surface area contributed by atoms with Gasteiger partial charge in [0.1, 0.15) is 11.4 Å². The number of carbonyl (C=O) groups is 2. The van der Waals surface area contributed by atoms with Gasteiger partial charge in [-0.25, -0.2) is 9.78 Å². The second-order valence-corrected chi connectivity index (χ2v) is 8.76. The molecule has 160 valence electrons. The maximum absolute atomic E-state index is 12.7. The Morgan fingerprint density at radius 3 is 2.87 bits per heavy atom. The third-order valence-corrected chi connectivity index (χ3v) is 5.80. The van der Waals surface area contributed by atoms with Crippen molar-refractivity contribution in [3.8, 4) is 0 Å². The average molecular weight is 451 g/mol. The van der Waals surface area contributed by atoms with Crippen LogP contribution in [0.2, 0.25) is 5.28 Å². The molecule has 2 aliphatic heterocycles. The molecule has 30 heavy (non-hydrogen) atoms. The summed E-state index contributed by atoms with van der Waals surface area (Å²) in [6.07, 6.45) is 5.52. The van der Waals surface area contributed by atoms with Crippen LogP contribution in [-0.2, 0) is 4.79 Å². The van der Waals surface area contributed by atoms with Crippen molar-refractivity contribution in [2.45, 2.75) is 38.6 Å². The smallest absolute Gasteiger partial charge is 0.341 e. The van der Waals surface area contributed by atoms with Crippen LogP contribution in [0.1, 0.15) is 37.6 Å². The molecule has 11 heteroatoms. The number of carboxylic acid groups (broad SMARTS) is 1. The van der Waals surface area contributed by atoms with E-state index in [1.807, 2.05) is 19.9 Å². The Hall–Kier alpha value is -2.59. The highest BCUT2D eigenvalue weighted by Crippen LogP contribution is 2.31. The SMILES string of the molecule is CC1/N=C(Nc2nc(Cl)ncc2C(=O)O)\C=C/CC(C)C2=C(S1)C(=O)N[C@H](C)CN2. The summed E-state index contributed by atoms with van der Waals surface area (Å²) in [5.74, 6) is -0.736. The van der Waals surface area contributed by atoms with Gasteiger partial charge in [-0.1, -0.05) is 24.8 Å². The quantitative estimate of drug-likeness (QED) is 0.506. The number of rotatable bonds is 2. The molecule has 2 aliphatic rings. The summed E-state index contributed by atoms with van der Waals surface area (Å²) in [6, 6.07) is 0.0199. The van der Waals surface area contributed by atoms with Gasteiger partial charge in [-0.05, 0) is 37.9 Å². The lowest BCUT2D eigenvalue weighted by molar-refractivity contribution is -0.117. The number of amides is 1. The third kappa shape index (κ3) is 5.31. The minimum Gasteiger partial charge on any atom is -0.477 e. The fraction of sp³-hybridized carbons (Fsp3) is 0.421. The number of thioether (sulfide) groups is 1. The van der Waals surface area contributed by atoms with Crippen molar-refractivity contribution in [3.05, 3.63) is 39.8 Å². The molecule has 0 saturated heterocycles. The zero-order valence-electron chi connectivity index (χ0n) is 16.8. The molecule has 0 aliphatic carbocycles.